The maximum atomic E-state index is 5.71. The van der Waals surface area contributed by atoms with Gasteiger partial charge in [-0.2, -0.15) is 0 Å². The fourth-order valence-corrected chi connectivity index (χ4v) is 2.69. The van der Waals surface area contributed by atoms with Gasteiger partial charge < -0.3 is 14.8 Å². The lowest BCUT2D eigenvalue weighted by Crippen LogP contribution is -2.23. The van der Waals surface area contributed by atoms with Crippen molar-refractivity contribution in [2.45, 2.75) is 26.2 Å². The normalized spacial score (nSPS) is 17.3. The quantitative estimate of drug-likeness (QED) is 0.902. The first kappa shape index (κ1) is 14.1. The van der Waals surface area contributed by atoms with Gasteiger partial charge in [-0.25, -0.2) is 0 Å². The van der Waals surface area contributed by atoms with E-state index in [-0.39, 0.29) is 6.04 Å². The van der Waals surface area contributed by atoms with Crippen LogP contribution in [0.4, 0.5) is 5.69 Å². The summed E-state index contributed by atoms with van der Waals surface area (Å²) in [6.07, 6.45) is 0. The fourth-order valence-electron chi connectivity index (χ4n) is 2.69. The second-order valence-electron chi connectivity index (χ2n) is 5.21. The number of ether oxygens (including phenoxy) is 2. The van der Waals surface area contributed by atoms with E-state index in [1.165, 1.54) is 16.7 Å². The third-order valence-corrected chi connectivity index (χ3v) is 3.78. The zero-order valence-electron chi connectivity index (χ0n) is 12.3. The van der Waals surface area contributed by atoms with E-state index in [2.05, 4.69) is 41.7 Å². The number of rotatable bonds is 5. The highest BCUT2D eigenvalue weighted by Gasteiger charge is 2.20. The van der Waals surface area contributed by atoms with Gasteiger partial charge in [-0.3, -0.25) is 0 Å². The molecule has 2 aromatic carbocycles. The van der Waals surface area contributed by atoms with Crippen LogP contribution < -0.4 is 5.32 Å². The first-order valence-corrected chi connectivity index (χ1v) is 7.46. The molecule has 0 fully saturated rings. The number of hydrogen-bond donors (Lipinski definition) is 1. The Kier molecular flexibility index (Phi) is 4.53. The Morgan fingerprint density at radius 2 is 1.95 bits per heavy atom. The van der Waals surface area contributed by atoms with Crippen molar-refractivity contribution < 1.29 is 9.47 Å². The molecule has 1 aliphatic heterocycles. The van der Waals surface area contributed by atoms with E-state index in [4.69, 9.17) is 9.47 Å². The lowest BCUT2D eigenvalue weighted by Gasteiger charge is -2.28. The smallest absolute Gasteiger partial charge is 0.0751 e. The average molecular weight is 283 g/mol. The molecule has 1 unspecified atom stereocenters. The van der Waals surface area contributed by atoms with E-state index < -0.39 is 0 Å². The van der Waals surface area contributed by atoms with Gasteiger partial charge in [0.1, 0.15) is 0 Å². The van der Waals surface area contributed by atoms with E-state index in [0.29, 0.717) is 19.8 Å². The van der Waals surface area contributed by atoms with Crippen molar-refractivity contribution in [3.05, 3.63) is 65.2 Å². The molecule has 0 amide bonds. The summed E-state index contributed by atoms with van der Waals surface area (Å²) in [4.78, 5) is 0. The zero-order chi connectivity index (χ0) is 14.5. The van der Waals surface area contributed by atoms with Crippen molar-refractivity contribution in [2.24, 2.45) is 0 Å². The molecule has 0 bridgehead atoms. The Morgan fingerprint density at radius 3 is 2.86 bits per heavy atom. The molecule has 110 valence electrons. The van der Waals surface area contributed by atoms with E-state index in [0.717, 1.165) is 12.3 Å². The third-order valence-electron chi connectivity index (χ3n) is 3.78. The maximum absolute atomic E-state index is 5.71. The van der Waals surface area contributed by atoms with Crippen molar-refractivity contribution >= 4 is 5.69 Å². The Labute approximate surface area is 125 Å². The lowest BCUT2D eigenvalue weighted by molar-refractivity contribution is 0.0968. The number of nitrogens with one attached hydrogen (secondary N) is 1. The molecule has 3 nitrogen and oxygen atoms in total. The molecule has 0 saturated heterocycles. The minimum atomic E-state index is 0.192. The van der Waals surface area contributed by atoms with Gasteiger partial charge in [-0.15, -0.1) is 0 Å². The van der Waals surface area contributed by atoms with Crippen molar-refractivity contribution in [1.82, 2.24) is 0 Å². The summed E-state index contributed by atoms with van der Waals surface area (Å²) in [6, 6.07) is 17.0. The zero-order valence-corrected chi connectivity index (χ0v) is 12.3. The highest BCUT2D eigenvalue weighted by Crippen LogP contribution is 2.29. The first-order valence-electron chi connectivity index (χ1n) is 7.46. The monoisotopic (exact) mass is 283 g/mol. The number of fused-ring (bicyclic) bond motifs is 1. The van der Waals surface area contributed by atoms with Crippen LogP contribution in [-0.2, 0) is 22.7 Å². The van der Waals surface area contributed by atoms with E-state index in [1.807, 2.05) is 19.1 Å². The predicted molar refractivity (Wildman–Crippen MR) is 84.2 cm³/mol. The highest BCUT2D eigenvalue weighted by atomic mass is 16.5. The van der Waals surface area contributed by atoms with Crippen LogP contribution in [-0.4, -0.2) is 13.2 Å². The molecule has 0 aromatic heterocycles. The molecule has 1 N–H and O–H groups in total. The second-order valence-corrected chi connectivity index (χ2v) is 5.21. The number of benzene rings is 2. The molecule has 1 aliphatic rings. The fraction of sp³-hybridized carbons (Fsp3) is 0.333. The average Bonchev–Trinajstić information content (AvgIpc) is 2.54. The minimum Gasteiger partial charge on any atom is -0.377 e. The van der Waals surface area contributed by atoms with Gasteiger partial charge in [0.05, 0.1) is 25.9 Å². The van der Waals surface area contributed by atoms with Gasteiger partial charge in [-0.05, 0) is 24.1 Å². The molecule has 1 heterocycles. The maximum Gasteiger partial charge on any atom is 0.0751 e. The summed E-state index contributed by atoms with van der Waals surface area (Å²) in [5.41, 5.74) is 4.90. The number of anilines is 1. The molecule has 0 aliphatic carbocycles. The summed E-state index contributed by atoms with van der Waals surface area (Å²) in [6.45, 7) is 4.77. The van der Waals surface area contributed by atoms with E-state index >= 15 is 0 Å². The second kappa shape index (κ2) is 6.74. The van der Waals surface area contributed by atoms with E-state index in [1.54, 1.807) is 0 Å². The van der Waals surface area contributed by atoms with Gasteiger partial charge in [0.15, 0.2) is 0 Å². The molecule has 0 spiro atoms. The summed E-state index contributed by atoms with van der Waals surface area (Å²) in [7, 11) is 0. The van der Waals surface area contributed by atoms with Crippen LogP contribution in [0.2, 0.25) is 0 Å². The summed E-state index contributed by atoms with van der Waals surface area (Å²) in [5.74, 6) is 0. The summed E-state index contributed by atoms with van der Waals surface area (Å²) >= 11 is 0. The van der Waals surface area contributed by atoms with Crippen LogP contribution in [0.3, 0.4) is 0 Å². The Hall–Kier alpha value is -1.84. The number of hydrogen-bond acceptors (Lipinski definition) is 3. The summed E-state index contributed by atoms with van der Waals surface area (Å²) < 4.78 is 11.3. The van der Waals surface area contributed by atoms with Crippen molar-refractivity contribution in [3.63, 3.8) is 0 Å². The van der Waals surface area contributed by atoms with Crippen LogP contribution in [0.5, 0.6) is 0 Å². The van der Waals surface area contributed by atoms with Crippen LogP contribution >= 0.6 is 0 Å². The predicted octanol–water partition coefficient (Wildman–Crippen LogP) is 3.91. The molecule has 21 heavy (non-hydrogen) atoms. The molecule has 0 saturated carbocycles. The topological polar surface area (TPSA) is 30.5 Å². The van der Waals surface area contributed by atoms with Crippen molar-refractivity contribution in [3.8, 4) is 0 Å². The van der Waals surface area contributed by atoms with Gasteiger partial charge in [-0.1, -0.05) is 42.5 Å². The van der Waals surface area contributed by atoms with Crippen molar-refractivity contribution in [2.75, 3.05) is 18.5 Å². The first-order chi connectivity index (χ1) is 10.4. The van der Waals surface area contributed by atoms with Crippen LogP contribution in [0, 0.1) is 0 Å². The van der Waals surface area contributed by atoms with E-state index in [9.17, 15) is 0 Å². The summed E-state index contributed by atoms with van der Waals surface area (Å²) in [5, 5.41) is 3.61. The minimum absolute atomic E-state index is 0.192. The van der Waals surface area contributed by atoms with Crippen LogP contribution in [0.15, 0.2) is 48.5 Å². The molecular weight excluding hydrogens is 262 g/mol. The number of para-hydroxylation sites is 1. The van der Waals surface area contributed by atoms with Crippen LogP contribution in [0.25, 0.3) is 0 Å². The van der Waals surface area contributed by atoms with Crippen LogP contribution in [0.1, 0.15) is 29.7 Å². The highest BCUT2D eigenvalue weighted by molar-refractivity contribution is 5.53. The Morgan fingerprint density at radius 1 is 1.14 bits per heavy atom. The molecule has 3 rings (SSSR count). The SMILES string of the molecule is CCOCc1ccccc1NC1COCc2ccccc21. The van der Waals surface area contributed by atoms with Gasteiger partial charge in [0.25, 0.3) is 0 Å². The molecule has 1 atom stereocenters. The van der Waals surface area contributed by atoms with Crippen molar-refractivity contribution in [1.29, 1.82) is 0 Å². The third kappa shape index (κ3) is 3.26. The molecular formula is C18H21NO2. The van der Waals surface area contributed by atoms with Gasteiger partial charge in [0, 0.05) is 17.9 Å². The largest absolute Gasteiger partial charge is 0.377 e. The lowest BCUT2D eigenvalue weighted by atomic mass is 9.98. The molecule has 3 heteroatoms. The Bertz CT molecular complexity index is 597. The Balaban J connectivity index is 1.81. The standard InChI is InChI=1S/C18H21NO2/c1-2-20-12-15-8-4-6-10-17(15)19-18-13-21-11-14-7-3-5-9-16(14)18/h3-10,18-19H,2,11-13H2,1H3. The van der Waals surface area contributed by atoms with Gasteiger partial charge in [0.2, 0.25) is 0 Å². The molecule has 0 radical (unpaired) electrons. The molecule has 2 aromatic rings. The van der Waals surface area contributed by atoms with Gasteiger partial charge >= 0.3 is 0 Å².